The van der Waals surface area contributed by atoms with E-state index in [9.17, 15) is 4.79 Å². The van der Waals surface area contributed by atoms with Crippen LogP contribution in [-0.2, 0) is 6.54 Å². The molecule has 31 heavy (non-hydrogen) atoms. The number of carbonyl (C=O) groups is 1. The topological polar surface area (TPSA) is 82.5 Å². The fourth-order valence-electron chi connectivity index (χ4n) is 4.20. The zero-order valence-electron chi connectivity index (χ0n) is 17.2. The van der Waals surface area contributed by atoms with Crippen LogP contribution in [0.25, 0.3) is 0 Å². The van der Waals surface area contributed by atoms with Crippen molar-refractivity contribution in [3.05, 3.63) is 84.3 Å². The molecule has 3 aromatic rings. The number of amidine groups is 1. The van der Waals surface area contributed by atoms with Gasteiger partial charge in [0.1, 0.15) is 11.5 Å². The highest BCUT2D eigenvalue weighted by Crippen LogP contribution is 2.36. The number of anilines is 2. The van der Waals surface area contributed by atoms with Crippen molar-refractivity contribution in [1.29, 1.82) is 0 Å². The van der Waals surface area contributed by atoms with Crippen LogP contribution in [0.4, 0.5) is 11.5 Å². The van der Waals surface area contributed by atoms with E-state index < -0.39 is 0 Å². The Bertz CT molecular complexity index is 1090. The van der Waals surface area contributed by atoms with Crippen LogP contribution in [-0.4, -0.2) is 45.2 Å². The minimum Gasteiger partial charge on any atom is -0.370 e. The zero-order valence-corrected chi connectivity index (χ0v) is 17.2. The number of benzene rings is 1. The molecule has 0 bridgehead atoms. The Labute approximate surface area is 181 Å². The molecule has 4 heterocycles. The van der Waals surface area contributed by atoms with Gasteiger partial charge >= 0.3 is 0 Å². The van der Waals surface area contributed by atoms with Gasteiger partial charge in [-0.25, -0.2) is 4.98 Å². The summed E-state index contributed by atoms with van der Waals surface area (Å²) in [6.45, 7) is 1.85. The van der Waals surface area contributed by atoms with Gasteiger partial charge in [0.15, 0.2) is 5.82 Å². The number of aliphatic imine (C=N–C) groups is 1. The van der Waals surface area contributed by atoms with Gasteiger partial charge in [0, 0.05) is 25.5 Å². The first-order chi connectivity index (χ1) is 15.2. The Morgan fingerprint density at radius 3 is 2.52 bits per heavy atom. The first-order valence-corrected chi connectivity index (χ1v) is 10.5. The molecule has 7 nitrogen and oxygen atoms in total. The first-order valence-electron chi connectivity index (χ1n) is 10.5. The van der Waals surface area contributed by atoms with Gasteiger partial charge in [0.05, 0.1) is 17.8 Å². The summed E-state index contributed by atoms with van der Waals surface area (Å²) in [6, 6.07) is 19.6. The fraction of sp³-hybridized carbons (Fsp3) is 0.250. The average molecular weight is 412 g/mol. The highest BCUT2D eigenvalue weighted by molar-refractivity contribution is 6.08. The number of hydrogen-bond donors (Lipinski definition) is 2. The molecular weight excluding hydrogens is 388 g/mol. The highest BCUT2D eigenvalue weighted by Gasteiger charge is 2.43. The summed E-state index contributed by atoms with van der Waals surface area (Å²) in [5.74, 6) is 1.64. The average Bonchev–Trinajstić information content (AvgIpc) is 2.84. The number of nitrogens with zero attached hydrogens (tertiary/aromatic N) is 4. The lowest BCUT2D eigenvalue weighted by Gasteiger charge is -2.46. The molecule has 0 saturated carbocycles. The van der Waals surface area contributed by atoms with E-state index >= 15 is 0 Å². The Kier molecular flexibility index (Phi) is 5.08. The Balaban J connectivity index is 1.39. The van der Waals surface area contributed by atoms with Crippen LogP contribution in [0.5, 0.6) is 0 Å². The maximum absolute atomic E-state index is 12.8. The number of piperidine rings is 1. The number of rotatable bonds is 3. The van der Waals surface area contributed by atoms with Crippen molar-refractivity contribution in [3.8, 4) is 0 Å². The number of nitrogens with one attached hydrogen (secondary N) is 2. The summed E-state index contributed by atoms with van der Waals surface area (Å²) < 4.78 is 0. The van der Waals surface area contributed by atoms with E-state index in [4.69, 9.17) is 4.99 Å². The maximum atomic E-state index is 12.8. The summed E-state index contributed by atoms with van der Waals surface area (Å²) in [5.41, 5.74) is 2.25. The fourth-order valence-corrected chi connectivity index (χ4v) is 4.20. The Morgan fingerprint density at radius 2 is 1.74 bits per heavy atom. The van der Waals surface area contributed by atoms with Crippen molar-refractivity contribution in [1.82, 2.24) is 14.9 Å². The first kappa shape index (κ1) is 19.2. The largest absolute Gasteiger partial charge is 0.370 e. The van der Waals surface area contributed by atoms with Crippen LogP contribution in [0.2, 0.25) is 0 Å². The van der Waals surface area contributed by atoms with Crippen molar-refractivity contribution >= 4 is 23.2 Å². The maximum Gasteiger partial charge on any atom is 0.272 e. The van der Waals surface area contributed by atoms with Crippen molar-refractivity contribution < 1.29 is 4.79 Å². The Morgan fingerprint density at radius 1 is 0.968 bits per heavy atom. The second kappa shape index (κ2) is 8.18. The van der Waals surface area contributed by atoms with E-state index in [1.54, 1.807) is 18.5 Å². The summed E-state index contributed by atoms with van der Waals surface area (Å²) in [7, 11) is 0. The zero-order chi connectivity index (χ0) is 21.1. The number of hydrogen-bond acceptors (Lipinski definition) is 5. The molecule has 1 saturated heterocycles. The van der Waals surface area contributed by atoms with Gasteiger partial charge in [-0.3, -0.25) is 14.8 Å². The lowest BCUT2D eigenvalue weighted by molar-refractivity contribution is 0.0699. The van der Waals surface area contributed by atoms with E-state index in [1.807, 2.05) is 47.4 Å². The van der Waals surface area contributed by atoms with Gasteiger partial charge in [-0.05, 0) is 42.7 Å². The molecule has 2 aromatic heterocycles. The standard InChI is InChI=1S/C24H24N6O/c31-22(20-9-4-5-13-25-20)30-15-11-24(12-16-30)23(27-17-18-7-2-1-3-8-18)28-21-19(29-24)10-6-14-26-21/h1-10,13-14,29H,11-12,15-17H2,(H,26,27,28). The number of pyridine rings is 2. The second-order valence-electron chi connectivity index (χ2n) is 7.89. The third-order valence-corrected chi connectivity index (χ3v) is 5.92. The van der Waals surface area contributed by atoms with Gasteiger partial charge in [-0.2, -0.15) is 0 Å². The molecule has 7 heteroatoms. The van der Waals surface area contributed by atoms with Crippen LogP contribution >= 0.6 is 0 Å². The van der Waals surface area contributed by atoms with E-state index in [2.05, 4.69) is 32.7 Å². The quantitative estimate of drug-likeness (QED) is 0.687. The minimum absolute atomic E-state index is 0.0240. The van der Waals surface area contributed by atoms with Crippen molar-refractivity contribution in [2.45, 2.75) is 24.9 Å². The van der Waals surface area contributed by atoms with Crippen molar-refractivity contribution in [2.75, 3.05) is 23.7 Å². The molecule has 5 rings (SSSR count). The Hall–Kier alpha value is -3.74. The van der Waals surface area contributed by atoms with Gasteiger partial charge in [0.25, 0.3) is 5.91 Å². The normalized spacial score (nSPS) is 18.2. The van der Waals surface area contributed by atoms with Gasteiger partial charge in [0.2, 0.25) is 0 Å². The van der Waals surface area contributed by atoms with Gasteiger partial charge in [-0.15, -0.1) is 0 Å². The molecule has 0 aliphatic carbocycles. The third-order valence-electron chi connectivity index (χ3n) is 5.92. The minimum atomic E-state index is -0.355. The van der Waals surface area contributed by atoms with Crippen molar-refractivity contribution in [3.63, 3.8) is 0 Å². The summed E-state index contributed by atoms with van der Waals surface area (Å²) in [6.07, 6.45) is 4.93. The lowest BCUT2D eigenvalue weighted by Crippen LogP contribution is -2.59. The smallest absolute Gasteiger partial charge is 0.272 e. The van der Waals surface area contributed by atoms with Crippen LogP contribution in [0.3, 0.4) is 0 Å². The molecule has 0 atom stereocenters. The van der Waals surface area contributed by atoms with Crippen LogP contribution in [0.15, 0.2) is 78.0 Å². The molecule has 0 radical (unpaired) electrons. The summed E-state index contributed by atoms with van der Waals surface area (Å²) >= 11 is 0. The molecule has 156 valence electrons. The summed E-state index contributed by atoms with van der Waals surface area (Å²) in [5, 5.41) is 7.15. The van der Waals surface area contributed by atoms with Gasteiger partial charge in [-0.1, -0.05) is 36.4 Å². The van der Waals surface area contributed by atoms with E-state index in [1.165, 1.54) is 0 Å². The van der Waals surface area contributed by atoms with Crippen LogP contribution in [0.1, 0.15) is 28.9 Å². The second-order valence-corrected chi connectivity index (χ2v) is 7.89. The number of aromatic nitrogens is 2. The molecule has 2 aliphatic heterocycles. The number of likely N-dealkylation sites (tertiary alicyclic amines) is 1. The summed E-state index contributed by atoms with van der Waals surface area (Å²) in [4.78, 5) is 28.3. The molecule has 1 amide bonds. The third kappa shape index (κ3) is 3.86. The number of fused-ring (bicyclic) bond motifs is 1. The lowest BCUT2D eigenvalue weighted by atomic mass is 9.84. The molecule has 1 fully saturated rings. The number of amides is 1. The van der Waals surface area contributed by atoms with Gasteiger partial charge < -0.3 is 15.5 Å². The SMILES string of the molecule is O=C(c1ccccn1)N1CCC2(CC1)Nc1cccnc1NC2=NCc1ccccc1. The molecule has 1 aromatic carbocycles. The number of carbonyl (C=O) groups excluding carboxylic acids is 1. The van der Waals surface area contributed by atoms with E-state index in [-0.39, 0.29) is 11.4 Å². The van der Waals surface area contributed by atoms with Crippen LogP contribution in [0, 0.1) is 0 Å². The highest BCUT2D eigenvalue weighted by atomic mass is 16.2. The van der Waals surface area contributed by atoms with E-state index in [0.29, 0.717) is 25.3 Å². The molecular formula is C24H24N6O. The molecule has 2 N–H and O–H groups in total. The predicted octanol–water partition coefficient (Wildman–Crippen LogP) is 3.59. The van der Waals surface area contributed by atoms with E-state index in [0.717, 1.165) is 35.7 Å². The monoisotopic (exact) mass is 412 g/mol. The predicted molar refractivity (Wildman–Crippen MR) is 121 cm³/mol. The van der Waals surface area contributed by atoms with Crippen LogP contribution < -0.4 is 10.6 Å². The molecule has 1 spiro atoms. The van der Waals surface area contributed by atoms with Crippen molar-refractivity contribution in [2.24, 2.45) is 4.99 Å². The molecule has 0 unspecified atom stereocenters. The molecule has 2 aliphatic rings.